The van der Waals surface area contributed by atoms with Crippen LogP contribution < -0.4 is 5.73 Å². The summed E-state index contributed by atoms with van der Waals surface area (Å²) >= 11 is 0. The lowest BCUT2D eigenvalue weighted by atomic mass is 9.85. The predicted octanol–water partition coefficient (Wildman–Crippen LogP) is 3.24. The SMILES string of the molecule is CC(C)n1c(C(C)(C)C(C)N)nc2ccccc21. The first-order valence-corrected chi connectivity index (χ1v) is 6.58. The number of imidazole rings is 1. The van der Waals surface area contributed by atoms with Crippen molar-refractivity contribution < 1.29 is 0 Å². The van der Waals surface area contributed by atoms with Crippen LogP contribution in [0.25, 0.3) is 11.0 Å². The zero-order chi connectivity index (χ0) is 13.5. The summed E-state index contributed by atoms with van der Waals surface area (Å²) in [5.74, 6) is 1.08. The lowest BCUT2D eigenvalue weighted by Gasteiger charge is -2.30. The Hall–Kier alpha value is -1.35. The molecule has 1 aromatic heterocycles. The molecule has 98 valence electrons. The molecule has 3 heteroatoms. The Labute approximate surface area is 109 Å². The van der Waals surface area contributed by atoms with Gasteiger partial charge in [-0.05, 0) is 32.9 Å². The van der Waals surface area contributed by atoms with Crippen LogP contribution in [0.15, 0.2) is 24.3 Å². The van der Waals surface area contributed by atoms with Crippen molar-refractivity contribution in [3.63, 3.8) is 0 Å². The summed E-state index contributed by atoms with van der Waals surface area (Å²) in [4.78, 5) is 4.81. The molecule has 3 nitrogen and oxygen atoms in total. The molecule has 1 heterocycles. The van der Waals surface area contributed by atoms with E-state index in [4.69, 9.17) is 10.7 Å². The first-order chi connectivity index (χ1) is 8.35. The lowest BCUT2D eigenvalue weighted by Crippen LogP contribution is -2.40. The number of nitrogens with zero attached hydrogens (tertiary/aromatic N) is 2. The van der Waals surface area contributed by atoms with Crippen molar-refractivity contribution in [1.82, 2.24) is 9.55 Å². The van der Waals surface area contributed by atoms with E-state index in [1.165, 1.54) is 5.52 Å². The second kappa shape index (κ2) is 4.39. The summed E-state index contributed by atoms with van der Waals surface area (Å²) in [7, 11) is 0. The van der Waals surface area contributed by atoms with Gasteiger partial charge < -0.3 is 10.3 Å². The monoisotopic (exact) mass is 245 g/mol. The van der Waals surface area contributed by atoms with E-state index in [2.05, 4.69) is 50.5 Å². The number of fused-ring (bicyclic) bond motifs is 1. The van der Waals surface area contributed by atoms with Crippen LogP contribution in [-0.4, -0.2) is 15.6 Å². The molecular formula is C15H23N3. The number of nitrogens with two attached hydrogens (primary N) is 1. The number of hydrogen-bond donors (Lipinski definition) is 1. The molecule has 0 aliphatic rings. The number of rotatable bonds is 3. The maximum Gasteiger partial charge on any atom is 0.117 e. The normalized spacial score (nSPS) is 14.4. The first-order valence-electron chi connectivity index (χ1n) is 6.58. The van der Waals surface area contributed by atoms with Gasteiger partial charge in [-0.25, -0.2) is 4.98 Å². The van der Waals surface area contributed by atoms with E-state index in [0.717, 1.165) is 11.3 Å². The molecule has 18 heavy (non-hydrogen) atoms. The van der Waals surface area contributed by atoms with Crippen LogP contribution in [0, 0.1) is 0 Å². The summed E-state index contributed by atoms with van der Waals surface area (Å²) in [6, 6.07) is 8.73. The summed E-state index contributed by atoms with van der Waals surface area (Å²) in [5.41, 5.74) is 8.25. The molecule has 2 aromatic rings. The van der Waals surface area contributed by atoms with Crippen molar-refractivity contribution in [3.05, 3.63) is 30.1 Å². The second-order valence-corrected chi connectivity index (χ2v) is 5.90. The van der Waals surface area contributed by atoms with Crippen molar-refractivity contribution in [2.75, 3.05) is 0 Å². The van der Waals surface area contributed by atoms with Crippen LogP contribution in [0.5, 0.6) is 0 Å². The highest BCUT2D eigenvalue weighted by atomic mass is 15.1. The zero-order valence-corrected chi connectivity index (χ0v) is 11.9. The fourth-order valence-corrected chi connectivity index (χ4v) is 2.23. The fraction of sp³-hybridized carbons (Fsp3) is 0.533. The molecule has 0 fully saturated rings. The van der Waals surface area contributed by atoms with E-state index < -0.39 is 0 Å². The Balaban J connectivity index is 2.74. The second-order valence-electron chi connectivity index (χ2n) is 5.90. The Morgan fingerprint density at radius 2 is 1.78 bits per heavy atom. The van der Waals surface area contributed by atoms with E-state index in [9.17, 15) is 0 Å². The molecule has 1 unspecified atom stereocenters. The zero-order valence-electron chi connectivity index (χ0n) is 11.9. The average Bonchev–Trinajstić information content (AvgIpc) is 2.68. The van der Waals surface area contributed by atoms with Gasteiger partial charge >= 0.3 is 0 Å². The average molecular weight is 245 g/mol. The van der Waals surface area contributed by atoms with Gasteiger partial charge in [-0.15, -0.1) is 0 Å². The van der Waals surface area contributed by atoms with Crippen LogP contribution in [0.3, 0.4) is 0 Å². The van der Waals surface area contributed by atoms with Crippen LogP contribution in [0.4, 0.5) is 0 Å². The fourth-order valence-electron chi connectivity index (χ4n) is 2.23. The molecule has 0 amide bonds. The third-order valence-electron chi connectivity index (χ3n) is 3.83. The molecule has 1 atom stereocenters. The van der Waals surface area contributed by atoms with Crippen LogP contribution in [0.1, 0.15) is 46.5 Å². The number of benzene rings is 1. The molecule has 0 bridgehead atoms. The molecule has 0 aliphatic carbocycles. The molecule has 2 N–H and O–H groups in total. The van der Waals surface area contributed by atoms with E-state index in [0.29, 0.717) is 6.04 Å². The predicted molar refractivity (Wildman–Crippen MR) is 76.8 cm³/mol. The summed E-state index contributed by atoms with van der Waals surface area (Å²) in [6.45, 7) is 10.8. The lowest BCUT2D eigenvalue weighted by molar-refractivity contribution is 0.383. The summed E-state index contributed by atoms with van der Waals surface area (Å²) in [5, 5.41) is 0. The molecular weight excluding hydrogens is 222 g/mol. The van der Waals surface area contributed by atoms with Crippen molar-refractivity contribution in [2.24, 2.45) is 5.73 Å². The maximum atomic E-state index is 6.14. The first kappa shape index (κ1) is 13.1. The van der Waals surface area contributed by atoms with E-state index in [1.54, 1.807) is 0 Å². The summed E-state index contributed by atoms with van der Waals surface area (Å²) in [6.07, 6.45) is 0. The van der Waals surface area contributed by atoms with Gasteiger partial charge in [-0.3, -0.25) is 0 Å². The molecule has 0 radical (unpaired) electrons. The quantitative estimate of drug-likeness (QED) is 0.902. The smallest absolute Gasteiger partial charge is 0.117 e. The molecule has 0 aliphatic heterocycles. The van der Waals surface area contributed by atoms with E-state index in [1.807, 2.05) is 13.0 Å². The highest BCUT2D eigenvalue weighted by molar-refractivity contribution is 5.76. The minimum atomic E-state index is -0.136. The van der Waals surface area contributed by atoms with Gasteiger partial charge in [0.2, 0.25) is 0 Å². The van der Waals surface area contributed by atoms with Gasteiger partial charge in [-0.2, -0.15) is 0 Å². The Bertz CT molecular complexity index is 550. The van der Waals surface area contributed by atoms with Crippen LogP contribution in [-0.2, 0) is 5.41 Å². The van der Waals surface area contributed by atoms with Crippen molar-refractivity contribution in [1.29, 1.82) is 0 Å². The van der Waals surface area contributed by atoms with Gasteiger partial charge in [0.1, 0.15) is 5.82 Å². The number of hydrogen-bond acceptors (Lipinski definition) is 2. The van der Waals surface area contributed by atoms with Crippen LogP contribution >= 0.6 is 0 Å². The standard InChI is InChI=1S/C15H23N3/c1-10(2)18-13-9-7-6-8-12(13)17-14(18)15(4,5)11(3)16/h6-11H,16H2,1-5H3. The molecule has 0 spiro atoms. The topological polar surface area (TPSA) is 43.8 Å². The molecule has 0 saturated carbocycles. The minimum absolute atomic E-state index is 0.0619. The maximum absolute atomic E-state index is 6.14. The van der Waals surface area contributed by atoms with E-state index in [-0.39, 0.29) is 11.5 Å². The van der Waals surface area contributed by atoms with Crippen LogP contribution in [0.2, 0.25) is 0 Å². The Morgan fingerprint density at radius 3 is 2.33 bits per heavy atom. The van der Waals surface area contributed by atoms with Gasteiger partial charge in [0.25, 0.3) is 0 Å². The van der Waals surface area contributed by atoms with Gasteiger partial charge in [0.15, 0.2) is 0 Å². The van der Waals surface area contributed by atoms with Gasteiger partial charge in [-0.1, -0.05) is 26.0 Å². The van der Waals surface area contributed by atoms with Gasteiger partial charge in [0.05, 0.1) is 11.0 Å². The molecule has 1 aromatic carbocycles. The Morgan fingerprint density at radius 1 is 1.17 bits per heavy atom. The van der Waals surface area contributed by atoms with Gasteiger partial charge in [0, 0.05) is 17.5 Å². The molecule has 2 rings (SSSR count). The number of para-hydroxylation sites is 2. The van der Waals surface area contributed by atoms with Crippen molar-refractivity contribution in [3.8, 4) is 0 Å². The third kappa shape index (κ3) is 1.93. The van der Waals surface area contributed by atoms with Crippen molar-refractivity contribution in [2.45, 2.75) is 52.1 Å². The highest BCUT2D eigenvalue weighted by Gasteiger charge is 2.32. The molecule has 0 saturated heterocycles. The highest BCUT2D eigenvalue weighted by Crippen LogP contribution is 2.31. The third-order valence-corrected chi connectivity index (χ3v) is 3.83. The summed E-state index contributed by atoms with van der Waals surface area (Å²) < 4.78 is 2.30. The number of aromatic nitrogens is 2. The minimum Gasteiger partial charge on any atom is -0.327 e. The van der Waals surface area contributed by atoms with Crippen molar-refractivity contribution >= 4 is 11.0 Å². The largest absolute Gasteiger partial charge is 0.327 e. The Kier molecular flexibility index (Phi) is 3.20. The van der Waals surface area contributed by atoms with E-state index >= 15 is 0 Å².